The van der Waals surface area contributed by atoms with Gasteiger partial charge in [0.15, 0.2) is 0 Å². The monoisotopic (exact) mass is 516 g/mol. The number of benzene rings is 1. The third kappa shape index (κ3) is 7.28. The van der Waals surface area contributed by atoms with E-state index in [1.165, 1.54) is 0 Å². The van der Waals surface area contributed by atoms with Crippen LogP contribution >= 0.6 is 35.1 Å². The molecule has 0 aliphatic rings. The largest absolute Gasteiger partial charge is 1.00 e. The van der Waals surface area contributed by atoms with Crippen LogP contribution in [0.4, 0.5) is 35.1 Å². The molecule has 2 unspecified atom stereocenters. The zero-order valence-corrected chi connectivity index (χ0v) is 17.9. The summed E-state index contributed by atoms with van der Waals surface area (Å²) in [5.41, 5.74) is 0. The Morgan fingerprint density at radius 3 is 1.55 bits per heavy atom. The van der Waals surface area contributed by atoms with Gasteiger partial charge in [-0.05, 0) is 41.7 Å². The second kappa shape index (κ2) is 11.3. The summed E-state index contributed by atoms with van der Waals surface area (Å²) in [7, 11) is 0. The summed E-state index contributed by atoms with van der Waals surface area (Å²) in [5, 5.41) is -22.4. The van der Waals surface area contributed by atoms with Crippen LogP contribution in [-0.4, -0.2) is 38.5 Å². The van der Waals surface area contributed by atoms with Gasteiger partial charge in [-0.25, -0.2) is 0 Å². The third-order valence-electron chi connectivity index (χ3n) is 2.48. The molecule has 0 N–H and O–H groups in total. The Labute approximate surface area is 200 Å². The van der Waals surface area contributed by atoms with Gasteiger partial charge in [0, 0.05) is 32.0 Å². The van der Waals surface area contributed by atoms with Crippen molar-refractivity contribution in [2.75, 3.05) is 0 Å². The van der Waals surface area contributed by atoms with E-state index in [0.717, 1.165) is 0 Å². The van der Waals surface area contributed by atoms with Crippen molar-refractivity contribution in [3.05, 3.63) is 23.2 Å². The van der Waals surface area contributed by atoms with Gasteiger partial charge in [-0.3, -0.25) is 8.42 Å². The molecule has 0 saturated carbocycles. The summed E-state index contributed by atoms with van der Waals surface area (Å²) >= 11 is -5.81. The van der Waals surface area contributed by atoms with Crippen molar-refractivity contribution >= 4 is 57.3 Å². The number of halogens is 9. The first-order valence-electron chi connectivity index (χ1n) is 5.83. The fourth-order valence-electron chi connectivity index (χ4n) is 1.22. The molecule has 0 heterocycles. The van der Waals surface area contributed by atoms with Gasteiger partial charge < -0.3 is 9.11 Å². The Kier molecular flexibility index (Phi) is 12.5. The van der Waals surface area contributed by atoms with Gasteiger partial charge in [0.2, 0.25) is 0 Å². The van der Waals surface area contributed by atoms with Gasteiger partial charge in [-0.2, -0.15) is 35.1 Å². The van der Waals surface area contributed by atoms with Crippen LogP contribution in [0.2, 0.25) is 5.02 Å². The molecular formula is C10H3ClF8Li2O4S4. The summed E-state index contributed by atoms with van der Waals surface area (Å²) in [6, 6.07) is 1.49. The van der Waals surface area contributed by atoms with Crippen molar-refractivity contribution in [2.45, 2.75) is 30.8 Å². The van der Waals surface area contributed by atoms with E-state index >= 15 is 0 Å². The summed E-state index contributed by atoms with van der Waals surface area (Å²) in [4.78, 5) is -1.97. The molecule has 0 aromatic heterocycles. The number of thioether (sulfide) groups is 2. The van der Waals surface area contributed by atoms with Crippen molar-refractivity contribution in [3.63, 3.8) is 0 Å². The molecule has 19 heteroatoms. The fourth-order valence-corrected chi connectivity index (χ4v) is 4.05. The SMILES string of the molecule is O=S([O-])C(F)(F)C(F)(F)Sc1ccc(Cl)c(SC(F)(F)C(F)(F)S(=O)[O-])c1.[Li+].[Li+]. The second-order valence-corrected chi connectivity index (χ2v) is 9.05. The molecule has 0 aliphatic carbocycles. The zero-order valence-electron chi connectivity index (χ0n) is 13.9. The molecule has 0 bridgehead atoms. The van der Waals surface area contributed by atoms with Crippen LogP contribution in [0.25, 0.3) is 0 Å². The summed E-state index contributed by atoms with van der Waals surface area (Å²) < 4.78 is 147. The smallest absolute Gasteiger partial charge is 0.768 e. The minimum Gasteiger partial charge on any atom is -0.768 e. The van der Waals surface area contributed by atoms with E-state index < -0.39 is 81.5 Å². The summed E-state index contributed by atoms with van der Waals surface area (Å²) in [6.07, 6.45) is 0. The number of hydrogen-bond donors (Lipinski definition) is 0. The maximum absolute atomic E-state index is 13.5. The Bertz CT molecular complexity index is 773. The quantitative estimate of drug-likeness (QED) is 0.184. The van der Waals surface area contributed by atoms with Gasteiger partial charge in [-0.15, -0.1) is 0 Å². The van der Waals surface area contributed by atoms with E-state index in [1.807, 2.05) is 0 Å². The third-order valence-corrected chi connectivity index (χ3v) is 6.61. The van der Waals surface area contributed by atoms with Crippen LogP contribution < -0.4 is 37.7 Å². The molecule has 0 aliphatic heterocycles. The standard InChI is InChI=1S/C10H5ClF8O4S4.2Li/c11-5-2-1-4(24-7(12,13)9(16,17)26(20)21)3-6(5)25-8(14,15)10(18,19)27(22)23;;/h1-3H,(H,20,21)(H,22,23);;/q;2*+1/p-2. The maximum Gasteiger partial charge on any atom is 1.00 e. The van der Waals surface area contributed by atoms with E-state index in [9.17, 15) is 52.6 Å². The normalized spacial score (nSPS) is 15.1. The van der Waals surface area contributed by atoms with Gasteiger partial charge in [0.25, 0.3) is 0 Å². The predicted molar refractivity (Wildman–Crippen MR) is 80.8 cm³/mol. The van der Waals surface area contributed by atoms with Crippen LogP contribution in [-0.2, 0) is 22.2 Å². The minimum atomic E-state index is -5.57. The molecule has 1 aromatic carbocycles. The van der Waals surface area contributed by atoms with Crippen molar-refractivity contribution in [3.8, 4) is 0 Å². The van der Waals surface area contributed by atoms with Gasteiger partial charge in [0.05, 0.1) is 5.02 Å². The molecule has 156 valence electrons. The maximum atomic E-state index is 13.5. The Hall–Kier alpha value is 1.06. The first kappa shape index (κ1) is 32.2. The Balaban J connectivity index is 0. The molecule has 2 atom stereocenters. The molecule has 0 radical (unpaired) electrons. The van der Waals surface area contributed by atoms with Gasteiger partial charge in [0.1, 0.15) is 0 Å². The topological polar surface area (TPSA) is 80.3 Å². The minimum absolute atomic E-state index is 0. The molecule has 0 amide bonds. The van der Waals surface area contributed by atoms with E-state index in [1.54, 1.807) is 0 Å². The number of alkyl halides is 8. The van der Waals surface area contributed by atoms with Crippen molar-refractivity contribution < 1.29 is 90.4 Å². The molecule has 0 saturated heterocycles. The van der Waals surface area contributed by atoms with E-state index in [4.69, 9.17) is 11.6 Å². The molecule has 0 spiro atoms. The van der Waals surface area contributed by atoms with Gasteiger partial charge in [-0.1, -0.05) is 11.6 Å². The molecule has 29 heavy (non-hydrogen) atoms. The fraction of sp³-hybridized carbons (Fsp3) is 0.400. The molecular weight excluding hydrogens is 514 g/mol. The van der Waals surface area contributed by atoms with Crippen molar-refractivity contribution in [1.82, 2.24) is 0 Å². The second-order valence-electron chi connectivity index (χ2n) is 4.33. The van der Waals surface area contributed by atoms with Crippen LogP contribution in [0.5, 0.6) is 0 Å². The van der Waals surface area contributed by atoms with Crippen LogP contribution in [0, 0.1) is 0 Å². The first-order chi connectivity index (χ1) is 12.0. The first-order valence-corrected chi connectivity index (χ1v) is 9.99. The number of hydrogen-bond acceptors (Lipinski definition) is 6. The van der Waals surface area contributed by atoms with E-state index in [0.29, 0.717) is 12.1 Å². The van der Waals surface area contributed by atoms with Gasteiger partial charge >= 0.3 is 58.7 Å². The zero-order chi connectivity index (χ0) is 21.4. The van der Waals surface area contributed by atoms with E-state index in [-0.39, 0.29) is 43.8 Å². The Morgan fingerprint density at radius 2 is 1.17 bits per heavy atom. The van der Waals surface area contributed by atoms with Crippen LogP contribution in [0.3, 0.4) is 0 Å². The van der Waals surface area contributed by atoms with Crippen molar-refractivity contribution in [1.29, 1.82) is 0 Å². The van der Waals surface area contributed by atoms with Crippen LogP contribution in [0.15, 0.2) is 28.0 Å². The predicted octanol–water partition coefficient (Wildman–Crippen LogP) is -1.34. The van der Waals surface area contributed by atoms with E-state index in [2.05, 4.69) is 0 Å². The molecule has 4 nitrogen and oxygen atoms in total. The van der Waals surface area contributed by atoms with Crippen molar-refractivity contribution in [2.24, 2.45) is 0 Å². The number of rotatable bonds is 8. The molecule has 1 aromatic rings. The summed E-state index contributed by atoms with van der Waals surface area (Å²) in [5.74, 6) is 0. The molecule has 1 rings (SSSR count). The Morgan fingerprint density at radius 1 is 0.793 bits per heavy atom. The average Bonchev–Trinajstić information content (AvgIpc) is 2.49. The average molecular weight is 517 g/mol. The molecule has 0 fully saturated rings. The summed E-state index contributed by atoms with van der Waals surface area (Å²) in [6.45, 7) is 0. The van der Waals surface area contributed by atoms with Crippen LogP contribution in [0.1, 0.15) is 0 Å².